The molecule has 0 aromatic heterocycles. The molecule has 2 aromatic rings. The van der Waals surface area contributed by atoms with E-state index in [1.165, 1.54) is 7.11 Å². The SMILES string of the molecule is COC(=O)c1cc2c(c(-c3ccccc3)c1)C(C#N)NC2. The molecule has 0 aliphatic carbocycles. The van der Waals surface area contributed by atoms with Crippen LogP contribution < -0.4 is 5.32 Å². The Bertz CT molecular complexity index is 732. The summed E-state index contributed by atoms with van der Waals surface area (Å²) in [5.41, 5.74) is 4.34. The Morgan fingerprint density at radius 2 is 2.10 bits per heavy atom. The van der Waals surface area contributed by atoms with Crippen molar-refractivity contribution < 1.29 is 9.53 Å². The number of carbonyl (C=O) groups excluding carboxylic acids is 1. The molecule has 4 nitrogen and oxygen atoms in total. The van der Waals surface area contributed by atoms with Crippen molar-refractivity contribution in [3.05, 3.63) is 59.2 Å². The molecular formula is C17H14N2O2. The van der Waals surface area contributed by atoms with E-state index in [1.807, 2.05) is 30.3 Å². The lowest BCUT2D eigenvalue weighted by atomic mass is 9.91. The normalized spacial score (nSPS) is 16.1. The second-order valence-electron chi connectivity index (χ2n) is 4.90. The first kappa shape index (κ1) is 13.3. The third kappa shape index (κ3) is 2.28. The smallest absolute Gasteiger partial charge is 0.337 e. The summed E-state index contributed by atoms with van der Waals surface area (Å²) in [6.07, 6.45) is 0. The second kappa shape index (κ2) is 5.39. The van der Waals surface area contributed by atoms with E-state index in [1.54, 1.807) is 12.1 Å². The van der Waals surface area contributed by atoms with Crippen LogP contribution in [0.5, 0.6) is 0 Å². The van der Waals surface area contributed by atoms with Crippen LogP contribution in [0.4, 0.5) is 0 Å². The van der Waals surface area contributed by atoms with Gasteiger partial charge in [-0.3, -0.25) is 5.32 Å². The fourth-order valence-corrected chi connectivity index (χ4v) is 2.72. The quantitative estimate of drug-likeness (QED) is 0.858. The van der Waals surface area contributed by atoms with Crippen LogP contribution in [0.25, 0.3) is 11.1 Å². The highest BCUT2D eigenvalue weighted by Gasteiger charge is 2.27. The second-order valence-corrected chi connectivity index (χ2v) is 4.90. The van der Waals surface area contributed by atoms with E-state index in [0.29, 0.717) is 12.1 Å². The van der Waals surface area contributed by atoms with Gasteiger partial charge in [-0.15, -0.1) is 0 Å². The first-order chi connectivity index (χ1) is 10.2. The number of esters is 1. The first-order valence-corrected chi connectivity index (χ1v) is 6.68. The summed E-state index contributed by atoms with van der Waals surface area (Å²) >= 11 is 0. The Morgan fingerprint density at radius 1 is 1.33 bits per heavy atom. The van der Waals surface area contributed by atoms with Gasteiger partial charge in [0.25, 0.3) is 0 Å². The van der Waals surface area contributed by atoms with Crippen LogP contribution in [-0.4, -0.2) is 13.1 Å². The number of benzene rings is 2. The van der Waals surface area contributed by atoms with Gasteiger partial charge in [0, 0.05) is 6.54 Å². The Labute approximate surface area is 123 Å². The number of methoxy groups -OCH3 is 1. The van der Waals surface area contributed by atoms with Crippen molar-refractivity contribution in [3.8, 4) is 17.2 Å². The molecule has 0 bridgehead atoms. The fraction of sp³-hybridized carbons (Fsp3) is 0.176. The molecule has 104 valence electrons. The average Bonchev–Trinajstić information content (AvgIpc) is 2.97. The summed E-state index contributed by atoms with van der Waals surface area (Å²) in [5, 5.41) is 12.5. The third-order valence-corrected chi connectivity index (χ3v) is 3.69. The molecule has 1 N–H and O–H groups in total. The van der Waals surface area contributed by atoms with Gasteiger partial charge < -0.3 is 4.74 Å². The summed E-state index contributed by atoms with van der Waals surface area (Å²) in [6, 6.07) is 15.3. The molecule has 21 heavy (non-hydrogen) atoms. The van der Waals surface area contributed by atoms with Crippen molar-refractivity contribution in [2.75, 3.05) is 7.11 Å². The lowest BCUT2D eigenvalue weighted by Crippen LogP contribution is -2.09. The molecule has 2 aromatic carbocycles. The minimum Gasteiger partial charge on any atom is -0.465 e. The minimum atomic E-state index is -0.365. The van der Waals surface area contributed by atoms with Crippen molar-refractivity contribution >= 4 is 5.97 Å². The van der Waals surface area contributed by atoms with Crippen LogP contribution in [-0.2, 0) is 11.3 Å². The predicted octanol–water partition coefficient (Wildman–Crippen LogP) is 2.81. The summed E-state index contributed by atoms with van der Waals surface area (Å²) in [5.74, 6) is -0.365. The summed E-state index contributed by atoms with van der Waals surface area (Å²) in [4.78, 5) is 11.8. The van der Waals surface area contributed by atoms with Crippen LogP contribution in [0.2, 0.25) is 0 Å². The largest absolute Gasteiger partial charge is 0.465 e. The van der Waals surface area contributed by atoms with Crippen molar-refractivity contribution in [1.82, 2.24) is 5.32 Å². The van der Waals surface area contributed by atoms with Crippen molar-refractivity contribution in [1.29, 1.82) is 5.26 Å². The molecule has 3 rings (SSSR count). The highest BCUT2D eigenvalue weighted by molar-refractivity contribution is 5.92. The van der Waals surface area contributed by atoms with Crippen molar-refractivity contribution in [3.63, 3.8) is 0 Å². The van der Waals surface area contributed by atoms with Crippen LogP contribution in [0, 0.1) is 11.3 Å². The van der Waals surface area contributed by atoms with Crippen molar-refractivity contribution in [2.24, 2.45) is 0 Å². The zero-order valence-electron chi connectivity index (χ0n) is 11.6. The van der Waals surface area contributed by atoms with Crippen LogP contribution in [0.3, 0.4) is 0 Å². The molecule has 1 aliphatic rings. The Balaban J connectivity index is 2.23. The zero-order chi connectivity index (χ0) is 14.8. The minimum absolute atomic E-state index is 0.345. The molecule has 1 unspecified atom stereocenters. The number of hydrogen-bond donors (Lipinski definition) is 1. The molecule has 1 heterocycles. The van der Waals surface area contributed by atoms with Gasteiger partial charge in [0.15, 0.2) is 0 Å². The van der Waals surface area contributed by atoms with Gasteiger partial charge in [0.1, 0.15) is 6.04 Å². The standard InChI is InChI=1S/C17H14N2O2/c1-21-17(20)12-7-13-10-19-15(9-18)16(13)14(8-12)11-5-3-2-4-6-11/h2-8,15,19H,10H2,1H3. The number of nitrogens with one attached hydrogen (secondary N) is 1. The average molecular weight is 278 g/mol. The van der Waals surface area contributed by atoms with E-state index < -0.39 is 0 Å². The summed E-state index contributed by atoms with van der Waals surface area (Å²) < 4.78 is 4.82. The maximum atomic E-state index is 11.8. The summed E-state index contributed by atoms with van der Waals surface area (Å²) in [6.45, 7) is 0.582. The van der Waals surface area contributed by atoms with E-state index in [4.69, 9.17) is 4.74 Å². The maximum Gasteiger partial charge on any atom is 0.337 e. The maximum absolute atomic E-state index is 11.8. The monoisotopic (exact) mass is 278 g/mol. The number of nitrogens with zero attached hydrogens (tertiary/aromatic N) is 1. The molecule has 0 radical (unpaired) electrons. The van der Waals surface area contributed by atoms with Gasteiger partial charge >= 0.3 is 5.97 Å². The lowest BCUT2D eigenvalue weighted by Gasteiger charge is -2.13. The van der Waals surface area contributed by atoms with Gasteiger partial charge in [0.2, 0.25) is 0 Å². The third-order valence-electron chi connectivity index (χ3n) is 3.69. The molecule has 0 saturated carbocycles. The number of nitriles is 1. The molecule has 0 spiro atoms. The predicted molar refractivity (Wildman–Crippen MR) is 78.4 cm³/mol. The van der Waals surface area contributed by atoms with Gasteiger partial charge in [-0.25, -0.2) is 4.79 Å². The topological polar surface area (TPSA) is 62.1 Å². The van der Waals surface area contributed by atoms with E-state index in [2.05, 4.69) is 11.4 Å². The Morgan fingerprint density at radius 3 is 2.76 bits per heavy atom. The van der Waals surface area contributed by atoms with Crippen LogP contribution >= 0.6 is 0 Å². The molecule has 1 aliphatic heterocycles. The van der Waals surface area contributed by atoms with Gasteiger partial charge in [-0.1, -0.05) is 30.3 Å². The number of fused-ring (bicyclic) bond motifs is 1. The summed E-state index contributed by atoms with van der Waals surface area (Å²) in [7, 11) is 1.37. The van der Waals surface area contributed by atoms with E-state index >= 15 is 0 Å². The van der Waals surface area contributed by atoms with Crippen molar-refractivity contribution in [2.45, 2.75) is 12.6 Å². The molecule has 1 atom stereocenters. The van der Waals surface area contributed by atoms with Gasteiger partial charge in [0.05, 0.1) is 18.7 Å². The number of rotatable bonds is 2. The van der Waals surface area contributed by atoms with E-state index in [-0.39, 0.29) is 12.0 Å². The number of hydrogen-bond acceptors (Lipinski definition) is 4. The number of ether oxygens (including phenoxy) is 1. The Kier molecular flexibility index (Phi) is 3.43. The van der Waals surface area contributed by atoms with Gasteiger partial charge in [-0.05, 0) is 34.4 Å². The highest BCUT2D eigenvalue weighted by Crippen LogP contribution is 2.36. The van der Waals surface area contributed by atoms with Crippen LogP contribution in [0.1, 0.15) is 27.5 Å². The van der Waals surface area contributed by atoms with Crippen LogP contribution in [0.15, 0.2) is 42.5 Å². The fourth-order valence-electron chi connectivity index (χ4n) is 2.72. The Hall–Kier alpha value is -2.64. The highest BCUT2D eigenvalue weighted by atomic mass is 16.5. The molecule has 0 saturated heterocycles. The molecular weight excluding hydrogens is 264 g/mol. The molecule has 0 amide bonds. The lowest BCUT2D eigenvalue weighted by molar-refractivity contribution is 0.0600. The first-order valence-electron chi connectivity index (χ1n) is 6.68. The molecule has 4 heteroatoms. The molecule has 0 fully saturated rings. The van der Waals surface area contributed by atoms with Gasteiger partial charge in [-0.2, -0.15) is 5.26 Å². The zero-order valence-corrected chi connectivity index (χ0v) is 11.6. The van der Waals surface area contributed by atoms with E-state index in [0.717, 1.165) is 22.3 Å². The number of carbonyl (C=O) groups is 1. The van der Waals surface area contributed by atoms with E-state index in [9.17, 15) is 10.1 Å².